The van der Waals surface area contributed by atoms with E-state index in [0.29, 0.717) is 5.76 Å². The quantitative estimate of drug-likeness (QED) is 0.706. The first kappa shape index (κ1) is 9.67. The van der Waals surface area contributed by atoms with E-state index < -0.39 is 10.0 Å². The summed E-state index contributed by atoms with van der Waals surface area (Å²) in [5, 5.41) is 4.27. The van der Waals surface area contributed by atoms with Crippen molar-refractivity contribution in [2.75, 3.05) is 13.1 Å². The van der Waals surface area contributed by atoms with E-state index in [1.807, 2.05) is 0 Å². The van der Waals surface area contributed by atoms with Crippen molar-refractivity contribution < 1.29 is 13.2 Å². The molecule has 0 bridgehead atoms. The molecule has 5 nitrogen and oxygen atoms in total. The molecule has 0 spiro atoms. The lowest BCUT2D eigenvalue weighted by atomic mass is 10.1. The Hall–Kier alpha value is -0.880. The number of hydrogen-bond donors (Lipinski definition) is 1. The summed E-state index contributed by atoms with van der Waals surface area (Å²) in [6.07, 6.45) is 3.19. The van der Waals surface area contributed by atoms with Gasteiger partial charge in [0.15, 0.2) is 5.76 Å². The normalized spacial score (nSPS) is 26.1. The van der Waals surface area contributed by atoms with Gasteiger partial charge in [-0.3, -0.25) is 0 Å². The summed E-state index contributed by atoms with van der Waals surface area (Å²) >= 11 is 0. The van der Waals surface area contributed by atoms with Gasteiger partial charge in [-0.25, -0.2) is 0 Å². The van der Waals surface area contributed by atoms with Crippen LogP contribution in [0.25, 0.3) is 0 Å². The van der Waals surface area contributed by atoms with Crippen molar-refractivity contribution in [2.24, 2.45) is 4.40 Å². The Bertz CT molecular complexity index is 366. The molecule has 0 aromatic carbocycles. The van der Waals surface area contributed by atoms with Crippen LogP contribution in [0.2, 0.25) is 0 Å². The maximum atomic E-state index is 10.9. The average molecular weight is 216 g/mol. The molecule has 78 valence electrons. The predicted octanol–water partition coefficient (Wildman–Crippen LogP) is 0.0106. The third kappa shape index (κ3) is 2.33. The van der Waals surface area contributed by atoms with Crippen LogP contribution in [0.3, 0.4) is 0 Å². The molecule has 0 radical (unpaired) electrons. The van der Waals surface area contributed by atoms with Gasteiger partial charge in [0.25, 0.3) is 10.0 Å². The number of nitrogens with one attached hydrogen (secondary N) is 1. The SMILES string of the molecule is O=S1(=O)C=C(OC2CCNCC2)C=N1. The molecule has 1 fully saturated rings. The van der Waals surface area contributed by atoms with Crippen LogP contribution in [-0.2, 0) is 14.8 Å². The number of hydrogen-bond acceptors (Lipinski definition) is 4. The van der Waals surface area contributed by atoms with Gasteiger partial charge in [-0.15, -0.1) is 0 Å². The average Bonchev–Trinajstić information content (AvgIpc) is 2.47. The first-order valence-electron chi connectivity index (χ1n) is 4.55. The minimum absolute atomic E-state index is 0.113. The van der Waals surface area contributed by atoms with Crippen LogP contribution in [-0.4, -0.2) is 33.8 Å². The first-order chi connectivity index (χ1) is 6.66. The van der Waals surface area contributed by atoms with E-state index in [9.17, 15) is 8.42 Å². The highest BCUT2D eigenvalue weighted by Crippen LogP contribution is 2.16. The van der Waals surface area contributed by atoms with Gasteiger partial charge in [0.05, 0.1) is 11.6 Å². The number of allylic oxidation sites excluding steroid dienone is 1. The van der Waals surface area contributed by atoms with Crippen LogP contribution in [0.15, 0.2) is 15.6 Å². The zero-order valence-corrected chi connectivity index (χ0v) is 8.46. The Morgan fingerprint density at radius 2 is 2.14 bits per heavy atom. The van der Waals surface area contributed by atoms with Crippen molar-refractivity contribution in [2.45, 2.75) is 18.9 Å². The van der Waals surface area contributed by atoms with Crippen LogP contribution in [0.4, 0.5) is 0 Å². The zero-order chi connectivity index (χ0) is 10.0. The molecule has 1 N–H and O–H groups in total. The van der Waals surface area contributed by atoms with Crippen LogP contribution in [0.5, 0.6) is 0 Å². The highest BCUT2D eigenvalue weighted by Gasteiger charge is 2.19. The van der Waals surface area contributed by atoms with Gasteiger partial charge in [0, 0.05) is 0 Å². The fourth-order valence-corrected chi connectivity index (χ4v) is 2.22. The molecule has 6 heteroatoms. The first-order valence-corrected chi connectivity index (χ1v) is 6.05. The molecule has 0 aromatic rings. The van der Waals surface area contributed by atoms with Gasteiger partial charge in [-0.05, 0) is 25.9 Å². The fraction of sp³-hybridized carbons (Fsp3) is 0.625. The summed E-state index contributed by atoms with van der Waals surface area (Å²) in [5.74, 6) is 0.358. The summed E-state index contributed by atoms with van der Waals surface area (Å²) in [7, 11) is -3.38. The molecule has 0 aromatic heterocycles. The maximum absolute atomic E-state index is 10.9. The van der Waals surface area contributed by atoms with E-state index in [-0.39, 0.29) is 6.10 Å². The van der Waals surface area contributed by atoms with Crippen LogP contribution >= 0.6 is 0 Å². The van der Waals surface area contributed by atoms with Crippen molar-refractivity contribution >= 4 is 16.2 Å². The van der Waals surface area contributed by atoms with Crippen LogP contribution < -0.4 is 5.32 Å². The van der Waals surface area contributed by atoms with Gasteiger partial charge in [0.1, 0.15) is 6.10 Å². The second-order valence-electron chi connectivity index (χ2n) is 3.34. The van der Waals surface area contributed by atoms with Crippen LogP contribution in [0.1, 0.15) is 12.8 Å². The Labute approximate surface area is 82.9 Å². The summed E-state index contributed by atoms with van der Waals surface area (Å²) in [5.41, 5.74) is 0. The number of rotatable bonds is 2. The standard InChI is InChI=1S/C8H12N2O3S/c11-14(12)6-8(5-10-14)13-7-1-3-9-4-2-7/h5-7,9H,1-4H2. The van der Waals surface area contributed by atoms with E-state index in [2.05, 4.69) is 9.71 Å². The molecule has 2 aliphatic rings. The van der Waals surface area contributed by atoms with Crippen molar-refractivity contribution in [1.82, 2.24) is 5.32 Å². The van der Waals surface area contributed by atoms with E-state index in [0.717, 1.165) is 31.3 Å². The second kappa shape index (κ2) is 3.70. The second-order valence-corrected chi connectivity index (χ2v) is 4.81. The number of sulfonamides is 1. The molecule has 1 saturated heterocycles. The lowest BCUT2D eigenvalue weighted by Gasteiger charge is -2.23. The topological polar surface area (TPSA) is 67.8 Å². The highest BCUT2D eigenvalue weighted by atomic mass is 32.2. The summed E-state index contributed by atoms with van der Waals surface area (Å²) in [4.78, 5) is 0. The molecule has 0 amide bonds. The van der Waals surface area contributed by atoms with Gasteiger partial charge in [-0.2, -0.15) is 12.8 Å². The largest absolute Gasteiger partial charge is 0.488 e. The molecule has 0 aliphatic carbocycles. The van der Waals surface area contributed by atoms with E-state index in [4.69, 9.17) is 4.74 Å². The molecule has 0 atom stereocenters. The van der Waals surface area contributed by atoms with Crippen molar-refractivity contribution in [1.29, 1.82) is 0 Å². The van der Waals surface area contributed by atoms with E-state index in [1.54, 1.807) is 0 Å². The van der Waals surface area contributed by atoms with Crippen molar-refractivity contribution in [3.05, 3.63) is 11.2 Å². The Morgan fingerprint density at radius 3 is 2.71 bits per heavy atom. The molecule has 14 heavy (non-hydrogen) atoms. The minimum Gasteiger partial charge on any atom is -0.488 e. The number of piperidine rings is 1. The molecule has 0 unspecified atom stereocenters. The van der Waals surface area contributed by atoms with E-state index >= 15 is 0 Å². The van der Waals surface area contributed by atoms with Crippen LogP contribution in [0, 0.1) is 0 Å². The lowest BCUT2D eigenvalue weighted by molar-refractivity contribution is 0.102. The molecule has 2 heterocycles. The van der Waals surface area contributed by atoms with Gasteiger partial charge >= 0.3 is 0 Å². The van der Waals surface area contributed by atoms with E-state index in [1.165, 1.54) is 6.21 Å². The number of ether oxygens (including phenoxy) is 1. The third-order valence-electron chi connectivity index (χ3n) is 2.18. The maximum Gasteiger partial charge on any atom is 0.279 e. The summed E-state index contributed by atoms with van der Waals surface area (Å²) < 4.78 is 30.6. The summed E-state index contributed by atoms with van der Waals surface area (Å²) in [6.45, 7) is 1.84. The summed E-state index contributed by atoms with van der Waals surface area (Å²) in [6, 6.07) is 0. The Kier molecular flexibility index (Phi) is 2.56. The lowest BCUT2D eigenvalue weighted by Crippen LogP contribution is -2.32. The number of nitrogens with zero attached hydrogens (tertiary/aromatic N) is 1. The van der Waals surface area contributed by atoms with Gasteiger partial charge in [0.2, 0.25) is 0 Å². The zero-order valence-electron chi connectivity index (χ0n) is 7.64. The smallest absolute Gasteiger partial charge is 0.279 e. The molecule has 2 rings (SSSR count). The van der Waals surface area contributed by atoms with Crippen molar-refractivity contribution in [3.8, 4) is 0 Å². The van der Waals surface area contributed by atoms with Gasteiger partial charge < -0.3 is 10.1 Å². The van der Waals surface area contributed by atoms with Gasteiger partial charge in [-0.1, -0.05) is 0 Å². The Balaban J connectivity index is 1.96. The highest BCUT2D eigenvalue weighted by molar-refractivity contribution is 7.93. The molecule has 0 saturated carbocycles. The molecule has 2 aliphatic heterocycles. The minimum atomic E-state index is -3.38. The van der Waals surface area contributed by atoms with Crippen molar-refractivity contribution in [3.63, 3.8) is 0 Å². The third-order valence-corrected chi connectivity index (χ3v) is 3.11. The fourth-order valence-electron chi connectivity index (χ4n) is 1.50. The monoisotopic (exact) mass is 216 g/mol. The predicted molar refractivity (Wildman–Crippen MR) is 52.5 cm³/mol. The molecular formula is C8H12N2O3S. The Morgan fingerprint density at radius 1 is 1.43 bits per heavy atom. The molecular weight excluding hydrogens is 204 g/mol.